The molecule has 0 spiro atoms. The molecule has 1 aliphatic rings. The van der Waals surface area contributed by atoms with Gasteiger partial charge in [-0.15, -0.1) is 10.2 Å². The van der Waals surface area contributed by atoms with E-state index in [0.717, 1.165) is 47.9 Å². The Labute approximate surface area is 188 Å². The van der Waals surface area contributed by atoms with Crippen molar-refractivity contribution in [3.05, 3.63) is 53.6 Å². The number of rotatable bonds is 5. The standard InChI is InChI=1S/C22H20ClN5O4/c1-31-19-8-14-15(13-10-24-28(11-13)21-4-2-3-7-32-21)12-27(18(14)9-16(19)23)20-6-5-17(22(29)30)25-26-20/h5-6,8-12,21H,2-4,7H2,1H3,(H,29,30). The monoisotopic (exact) mass is 453 g/mol. The van der Waals surface area contributed by atoms with Crippen LogP contribution in [-0.4, -0.2) is 49.3 Å². The van der Waals surface area contributed by atoms with Crippen molar-refractivity contribution in [2.24, 2.45) is 0 Å². The largest absolute Gasteiger partial charge is 0.495 e. The number of fused-ring (bicyclic) bond motifs is 1. The molecule has 0 amide bonds. The van der Waals surface area contributed by atoms with Gasteiger partial charge < -0.3 is 14.6 Å². The summed E-state index contributed by atoms with van der Waals surface area (Å²) < 4.78 is 15.0. The van der Waals surface area contributed by atoms with Gasteiger partial charge in [-0.1, -0.05) is 11.6 Å². The Morgan fingerprint density at radius 3 is 2.81 bits per heavy atom. The molecule has 4 heterocycles. The van der Waals surface area contributed by atoms with Crippen LogP contribution in [0.3, 0.4) is 0 Å². The first kappa shape index (κ1) is 20.5. The SMILES string of the molecule is COc1cc2c(-c3cnn(C4CCCCO4)c3)cn(-c3ccc(C(=O)O)nn3)c2cc1Cl. The van der Waals surface area contributed by atoms with Gasteiger partial charge in [0, 0.05) is 35.5 Å². The highest BCUT2D eigenvalue weighted by Crippen LogP contribution is 2.38. The Bertz CT molecular complexity index is 1290. The molecule has 1 fully saturated rings. The van der Waals surface area contributed by atoms with Crippen LogP contribution >= 0.6 is 11.6 Å². The van der Waals surface area contributed by atoms with Gasteiger partial charge in [-0.3, -0.25) is 4.57 Å². The highest BCUT2D eigenvalue weighted by Gasteiger charge is 2.20. The second kappa shape index (κ2) is 8.25. The summed E-state index contributed by atoms with van der Waals surface area (Å²) in [5, 5.41) is 22.9. The Hall–Kier alpha value is -3.43. The average Bonchev–Trinajstić information content (AvgIpc) is 3.44. The van der Waals surface area contributed by atoms with Crippen LogP contribution in [0.1, 0.15) is 36.0 Å². The number of carboxylic acid groups (broad SMARTS) is 1. The van der Waals surface area contributed by atoms with Crippen LogP contribution in [0.4, 0.5) is 0 Å². The fraction of sp³-hybridized carbons (Fsp3) is 0.273. The van der Waals surface area contributed by atoms with E-state index in [4.69, 9.17) is 26.2 Å². The molecular weight excluding hydrogens is 434 g/mol. The maximum Gasteiger partial charge on any atom is 0.356 e. The van der Waals surface area contributed by atoms with Crippen molar-refractivity contribution in [1.82, 2.24) is 24.5 Å². The van der Waals surface area contributed by atoms with E-state index >= 15 is 0 Å². The van der Waals surface area contributed by atoms with Crippen molar-refractivity contribution in [3.63, 3.8) is 0 Å². The van der Waals surface area contributed by atoms with Crippen molar-refractivity contribution in [2.75, 3.05) is 13.7 Å². The number of ether oxygens (including phenoxy) is 2. The molecule has 1 atom stereocenters. The van der Waals surface area contributed by atoms with Gasteiger partial charge in [0.15, 0.2) is 11.5 Å². The van der Waals surface area contributed by atoms with Crippen LogP contribution in [0.25, 0.3) is 27.8 Å². The molecule has 1 aromatic carbocycles. The molecule has 10 heteroatoms. The predicted molar refractivity (Wildman–Crippen MR) is 117 cm³/mol. The molecule has 0 bridgehead atoms. The van der Waals surface area contributed by atoms with Crippen LogP contribution in [0.5, 0.6) is 5.75 Å². The Balaban J connectivity index is 1.64. The van der Waals surface area contributed by atoms with E-state index in [1.54, 1.807) is 25.4 Å². The Morgan fingerprint density at radius 2 is 2.12 bits per heavy atom. The number of benzene rings is 1. The third-order valence-corrected chi connectivity index (χ3v) is 5.85. The Morgan fingerprint density at radius 1 is 1.25 bits per heavy atom. The molecule has 1 saturated heterocycles. The van der Waals surface area contributed by atoms with E-state index in [2.05, 4.69) is 15.3 Å². The predicted octanol–water partition coefficient (Wildman–Crippen LogP) is 4.34. The summed E-state index contributed by atoms with van der Waals surface area (Å²) in [5.41, 5.74) is 2.47. The lowest BCUT2D eigenvalue weighted by atomic mass is 10.1. The van der Waals surface area contributed by atoms with Crippen molar-refractivity contribution >= 4 is 28.5 Å². The summed E-state index contributed by atoms with van der Waals surface area (Å²) >= 11 is 6.41. The highest BCUT2D eigenvalue weighted by molar-refractivity contribution is 6.33. The zero-order valence-corrected chi connectivity index (χ0v) is 18.0. The van der Waals surface area contributed by atoms with E-state index in [1.807, 2.05) is 27.7 Å². The van der Waals surface area contributed by atoms with Crippen LogP contribution in [0.2, 0.25) is 5.02 Å². The number of carbonyl (C=O) groups is 1. The normalized spacial score (nSPS) is 16.4. The highest BCUT2D eigenvalue weighted by atomic mass is 35.5. The number of nitrogens with zero attached hydrogens (tertiary/aromatic N) is 5. The fourth-order valence-corrected chi connectivity index (χ4v) is 4.17. The first-order valence-corrected chi connectivity index (χ1v) is 10.5. The van der Waals surface area contributed by atoms with E-state index in [1.165, 1.54) is 6.07 Å². The van der Waals surface area contributed by atoms with Gasteiger partial charge in [-0.2, -0.15) is 5.10 Å². The van der Waals surface area contributed by atoms with Gasteiger partial charge in [0.2, 0.25) is 0 Å². The number of aromatic carboxylic acids is 1. The first-order valence-electron chi connectivity index (χ1n) is 10.2. The van der Waals surface area contributed by atoms with Crippen LogP contribution in [-0.2, 0) is 4.74 Å². The summed E-state index contributed by atoms with van der Waals surface area (Å²) in [4.78, 5) is 11.1. The lowest BCUT2D eigenvalue weighted by Crippen LogP contribution is -2.18. The number of halogens is 1. The molecule has 1 aliphatic heterocycles. The number of methoxy groups -OCH3 is 1. The smallest absolute Gasteiger partial charge is 0.356 e. The minimum atomic E-state index is -1.13. The Kier molecular flexibility index (Phi) is 5.28. The minimum absolute atomic E-state index is 0.0655. The molecule has 3 aromatic heterocycles. The quantitative estimate of drug-likeness (QED) is 0.479. The summed E-state index contributed by atoms with van der Waals surface area (Å²) in [6.45, 7) is 0.736. The minimum Gasteiger partial charge on any atom is -0.495 e. The maximum absolute atomic E-state index is 11.1. The van der Waals surface area contributed by atoms with E-state index in [-0.39, 0.29) is 11.9 Å². The third kappa shape index (κ3) is 3.59. The second-order valence-corrected chi connectivity index (χ2v) is 7.94. The van der Waals surface area contributed by atoms with Crippen molar-refractivity contribution in [2.45, 2.75) is 25.5 Å². The van der Waals surface area contributed by atoms with Gasteiger partial charge in [-0.05, 0) is 43.5 Å². The molecule has 4 aromatic rings. The number of hydrogen-bond donors (Lipinski definition) is 1. The number of aromatic nitrogens is 5. The van der Waals surface area contributed by atoms with E-state index < -0.39 is 5.97 Å². The van der Waals surface area contributed by atoms with Crippen LogP contribution in [0, 0.1) is 0 Å². The third-order valence-electron chi connectivity index (χ3n) is 5.56. The van der Waals surface area contributed by atoms with Gasteiger partial charge in [0.05, 0.1) is 23.8 Å². The molecule has 32 heavy (non-hydrogen) atoms. The van der Waals surface area contributed by atoms with E-state index in [9.17, 15) is 4.79 Å². The fourth-order valence-electron chi connectivity index (χ4n) is 3.94. The van der Waals surface area contributed by atoms with Crippen LogP contribution < -0.4 is 4.74 Å². The molecule has 5 rings (SSSR count). The average molecular weight is 454 g/mol. The molecular formula is C22H20ClN5O4. The summed E-state index contributed by atoms with van der Waals surface area (Å²) in [7, 11) is 1.57. The van der Waals surface area contributed by atoms with Gasteiger partial charge in [0.1, 0.15) is 12.0 Å². The molecule has 9 nitrogen and oxygen atoms in total. The molecule has 0 aliphatic carbocycles. The topological polar surface area (TPSA) is 104 Å². The van der Waals surface area contributed by atoms with Gasteiger partial charge >= 0.3 is 5.97 Å². The molecule has 1 N–H and O–H groups in total. The number of hydrogen-bond acceptors (Lipinski definition) is 6. The second-order valence-electron chi connectivity index (χ2n) is 7.53. The van der Waals surface area contributed by atoms with Gasteiger partial charge in [0.25, 0.3) is 0 Å². The molecule has 0 radical (unpaired) electrons. The molecule has 1 unspecified atom stereocenters. The zero-order valence-electron chi connectivity index (χ0n) is 17.2. The summed E-state index contributed by atoms with van der Waals surface area (Å²) in [5.74, 6) is -0.115. The lowest BCUT2D eigenvalue weighted by Gasteiger charge is -2.22. The number of carboxylic acids is 1. The van der Waals surface area contributed by atoms with Crippen molar-refractivity contribution < 1.29 is 19.4 Å². The summed E-state index contributed by atoms with van der Waals surface area (Å²) in [6, 6.07) is 6.69. The molecule has 164 valence electrons. The lowest BCUT2D eigenvalue weighted by molar-refractivity contribution is -0.0394. The summed E-state index contributed by atoms with van der Waals surface area (Å²) in [6.07, 6.45) is 8.72. The zero-order chi connectivity index (χ0) is 22.2. The van der Waals surface area contributed by atoms with Crippen molar-refractivity contribution in [3.8, 4) is 22.7 Å². The maximum atomic E-state index is 11.1. The van der Waals surface area contributed by atoms with Crippen LogP contribution in [0.15, 0.2) is 42.9 Å². The van der Waals surface area contributed by atoms with E-state index in [0.29, 0.717) is 16.6 Å². The van der Waals surface area contributed by atoms with Gasteiger partial charge in [-0.25, -0.2) is 9.48 Å². The molecule has 0 saturated carbocycles. The van der Waals surface area contributed by atoms with Crippen molar-refractivity contribution in [1.29, 1.82) is 0 Å². The first-order chi connectivity index (χ1) is 15.5.